The van der Waals surface area contributed by atoms with Gasteiger partial charge in [-0.2, -0.15) is 0 Å². The van der Waals surface area contributed by atoms with Gasteiger partial charge in [0.15, 0.2) is 23.3 Å². The highest BCUT2D eigenvalue weighted by molar-refractivity contribution is 5.92. The lowest BCUT2D eigenvalue weighted by Crippen LogP contribution is -2.60. The highest BCUT2D eigenvalue weighted by Crippen LogP contribution is 2.40. The highest BCUT2D eigenvalue weighted by atomic mass is 19.2. The molecule has 4 aliphatic rings. The molecule has 4 fully saturated rings. The fourth-order valence-electron chi connectivity index (χ4n) is 11.1. The van der Waals surface area contributed by atoms with Crippen molar-refractivity contribution in [1.82, 2.24) is 45.3 Å². The first-order valence-electron chi connectivity index (χ1n) is 28.3. The van der Waals surface area contributed by atoms with E-state index in [-0.39, 0.29) is 53.8 Å². The number of hydrogen-bond acceptors (Lipinski definition) is 14. The first kappa shape index (κ1) is 61.9. The van der Waals surface area contributed by atoms with Crippen LogP contribution in [0.2, 0.25) is 0 Å². The molecule has 0 unspecified atom stereocenters. The van der Waals surface area contributed by atoms with Crippen LogP contribution in [0.5, 0.6) is 11.5 Å². The Morgan fingerprint density at radius 1 is 0.619 bits per heavy atom. The van der Waals surface area contributed by atoms with Crippen molar-refractivity contribution in [3.05, 3.63) is 132 Å². The van der Waals surface area contributed by atoms with Crippen molar-refractivity contribution < 1.29 is 55.7 Å². The third-order valence-corrected chi connectivity index (χ3v) is 16.0. The van der Waals surface area contributed by atoms with Crippen LogP contribution < -0.4 is 29.9 Å². The summed E-state index contributed by atoms with van der Waals surface area (Å²) >= 11 is 0. The number of fused-ring (bicyclic) bond motifs is 2. The molecule has 450 valence electrons. The van der Waals surface area contributed by atoms with Gasteiger partial charge in [-0.15, -0.1) is 0 Å². The van der Waals surface area contributed by atoms with Gasteiger partial charge < -0.3 is 44.4 Å². The Morgan fingerprint density at radius 2 is 1.05 bits per heavy atom. The molecule has 3 aromatic carbocycles. The molecule has 6 heterocycles. The quantitative estimate of drug-likeness (QED) is 0.0908. The zero-order chi connectivity index (χ0) is 60.8. The Balaban J connectivity index is 0.000000225. The summed E-state index contributed by atoms with van der Waals surface area (Å²) in [6, 6.07) is 15.5. The number of anilines is 2. The van der Waals surface area contributed by atoms with Gasteiger partial charge in [0.05, 0.1) is 37.3 Å². The second kappa shape index (κ2) is 26.2. The van der Waals surface area contributed by atoms with Crippen molar-refractivity contribution in [3.63, 3.8) is 0 Å². The maximum absolute atomic E-state index is 14.4. The standard InChI is InChI=1S/C34H40F2N6O5.C27H35F2N5O3/c1-21(40(5)33(45)46-20-22-10-7-6-8-11-22)30(43)39-29(34(2,3)4)31(44)41-17-14-26-28(41)27(19-42(26)32-37-15-9-16-38-32)47-23-12-13-24(35)25(36)18-23;1-6-16(2)24(35)32-23(27(3,4)5)25(36)33-13-10-20-22(33)21(15-34(20)26-30-11-7-12-31-26)37-17-8-9-18(28)19(29)14-17/h6-13,15-16,18,21,26-29H,14,17,19-20H2,1-5H3,(H,39,43);7-9,11-12,14,16,20-23H,6,10,13,15H2,1-5H3,(H,32,35)/t21-,26+,27-,28-,29+;16-,20-,21+,22+,23-/m01/s1. The zero-order valence-corrected chi connectivity index (χ0v) is 49.0. The average Bonchev–Trinajstić information content (AvgIpc) is 1.94. The molecule has 0 radical (unpaired) electrons. The Kier molecular flexibility index (Phi) is 19.3. The molecule has 0 saturated carbocycles. The van der Waals surface area contributed by atoms with Crippen molar-refractivity contribution in [2.75, 3.05) is 43.0 Å². The summed E-state index contributed by atoms with van der Waals surface area (Å²) in [7, 11) is 1.47. The van der Waals surface area contributed by atoms with Gasteiger partial charge in [0.2, 0.25) is 35.5 Å². The number of rotatable bonds is 16. The number of ether oxygens (including phenoxy) is 3. The van der Waals surface area contributed by atoms with E-state index in [0.29, 0.717) is 57.3 Å². The summed E-state index contributed by atoms with van der Waals surface area (Å²) in [6.07, 6.45) is 6.59. The zero-order valence-electron chi connectivity index (χ0n) is 49.0. The Hall–Kier alpha value is -8.11. The van der Waals surface area contributed by atoms with Gasteiger partial charge >= 0.3 is 6.09 Å². The number of carbonyl (C=O) groups is 5. The maximum Gasteiger partial charge on any atom is 0.410 e. The third-order valence-electron chi connectivity index (χ3n) is 16.0. The molecule has 19 nitrogen and oxygen atoms in total. The number of aromatic nitrogens is 4. The van der Waals surface area contributed by atoms with E-state index in [0.717, 1.165) is 29.8 Å². The number of nitrogens with one attached hydrogen (secondary N) is 2. The minimum atomic E-state index is -1.04. The lowest BCUT2D eigenvalue weighted by Gasteiger charge is -2.37. The van der Waals surface area contributed by atoms with E-state index < -0.39 is 88.5 Å². The van der Waals surface area contributed by atoms with Gasteiger partial charge in [-0.3, -0.25) is 24.1 Å². The van der Waals surface area contributed by atoms with Crippen molar-refractivity contribution in [3.8, 4) is 11.5 Å². The second-order valence-electron chi connectivity index (χ2n) is 23.9. The largest absolute Gasteiger partial charge is 0.486 e. The highest BCUT2D eigenvalue weighted by Gasteiger charge is 2.56. The number of carbonyl (C=O) groups excluding carboxylic acids is 5. The molecule has 4 aliphatic heterocycles. The van der Waals surface area contributed by atoms with Crippen molar-refractivity contribution in [2.24, 2.45) is 16.7 Å². The number of likely N-dealkylation sites (N-methyl/N-ethyl adjacent to an activating group) is 1. The Bertz CT molecular complexity index is 3110. The maximum atomic E-state index is 14.4. The van der Waals surface area contributed by atoms with Crippen LogP contribution >= 0.6 is 0 Å². The van der Waals surface area contributed by atoms with E-state index in [4.69, 9.17) is 14.2 Å². The van der Waals surface area contributed by atoms with Crippen LogP contribution in [0, 0.1) is 40.0 Å². The van der Waals surface area contributed by atoms with Gasteiger partial charge in [0, 0.05) is 63.0 Å². The fraction of sp³-hybridized carbons (Fsp3) is 0.492. The van der Waals surface area contributed by atoms with E-state index in [1.165, 1.54) is 24.1 Å². The normalized spacial score (nSPS) is 21.5. The van der Waals surface area contributed by atoms with Gasteiger partial charge in [0.1, 0.15) is 48.4 Å². The van der Waals surface area contributed by atoms with Crippen LogP contribution in [0.25, 0.3) is 0 Å². The molecule has 5 amide bonds. The van der Waals surface area contributed by atoms with Crippen LogP contribution in [0.15, 0.2) is 104 Å². The lowest BCUT2D eigenvalue weighted by atomic mass is 9.85. The van der Waals surface area contributed by atoms with E-state index in [2.05, 4.69) is 30.6 Å². The molecule has 2 aromatic heterocycles. The van der Waals surface area contributed by atoms with Gasteiger partial charge in [-0.25, -0.2) is 42.3 Å². The van der Waals surface area contributed by atoms with Gasteiger partial charge in [0.25, 0.3) is 0 Å². The molecule has 5 aromatic rings. The van der Waals surface area contributed by atoms with E-state index >= 15 is 0 Å². The summed E-state index contributed by atoms with van der Waals surface area (Å²) in [6.45, 7) is 18.2. The van der Waals surface area contributed by atoms with E-state index in [1.807, 2.05) is 95.5 Å². The molecule has 0 aliphatic carbocycles. The fourth-order valence-corrected chi connectivity index (χ4v) is 11.1. The molecular formula is C61H75F4N11O8. The van der Waals surface area contributed by atoms with Crippen LogP contribution in [-0.4, -0.2) is 152 Å². The SMILES string of the molecule is CC[C@@H](C)C(=O)N[C@H](C(=O)N1CC[C@@H]2[C@H]1[C@@H](Oc1ccc(F)c(F)c1)CN2c1ncccn1)C(C)(C)C.C[C@@H](C(=O)N[C@H](C(=O)N1CC[C@@H]2[C@H]1[C@@H](Oc1ccc(F)c(F)c1)CN2c1ncccn1)C(C)(C)C)N(C)C(=O)OCc1ccccc1. The smallest absolute Gasteiger partial charge is 0.410 e. The molecule has 0 spiro atoms. The first-order chi connectivity index (χ1) is 39.9. The number of hydrogen-bond donors (Lipinski definition) is 2. The number of benzene rings is 3. The van der Waals surface area contributed by atoms with E-state index in [9.17, 15) is 41.5 Å². The monoisotopic (exact) mass is 1170 g/mol. The minimum Gasteiger partial charge on any atom is -0.486 e. The summed E-state index contributed by atoms with van der Waals surface area (Å²) in [4.78, 5) is 93.7. The summed E-state index contributed by atoms with van der Waals surface area (Å²) in [5.41, 5.74) is -0.436. The third kappa shape index (κ3) is 14.1. The topological polar surface area (TPSA) is 205 Å². The number of halogens is 4. The minimum absolute atomic E-state index is 0.0534. The van der Waals surface area contributed by atoms with Crippen molar-refractivity contribution in [2.45, 2.75) is 143 Å². The lowest BCUT2D eigenvalue weighted by molar-refractivity contribution is -0.142. The van der Waals surface area contributed by atoms with Crippen LogP contribution in [0.4, 0.5) is 34.3 Å². The molecule has 84 heavy (non-hydrogen) atoms. The molecule has 10 atom stereocenters. The predicted molar refractivity (Wildman–Crippen MR) is 304 cm³/mol. The van der Waals surface area contributed by atoms with Gasteiger partial charge in [-0.1, -0.05) is 85.7 Å². The molecule has 2 N–H and O–H groups in total. The summed E-state index contributed by atoms with van der Waals surface area (Å²) < 4.78 is 73.0. The average molecular weight is 1170 g/mol. The van der Waals surface area contributed by atoms with Crippen LogP contribution in [0.1, 0.15) is 87.1 Å². The number of nitrogens with zero attached hydrogens (tertiary/aromatic N) is 9. The predicted octanol–water partition coefficient (Wildman–Crippen LogP) is 7.75. The number of amides is 5. The summed E-state index contributed by atoms with van der Waals surface area (Å²) in [5.74, 6) is -4.13. The summed E-state index contributed by atoms with van der Waals surface area (Å²) in [5, 5.41) is 5.88. The number of likely N-dealkylation sites (tertiary alicyclic amines) is 2. The first-order valence-corrected chi connectivity index (χ1v) is 28.3. The molecule has 4 saturated heterocycles. The Morgan fingerprint density at radius 3 is 1.45 bits per heavy atom. The molecule has 23 heteroatoms. The van der Waals surface area contributed by atoms with Crippen LogP contribution in [0.3, 0.4) is 0 Å². The molecular weight excluding hydrogens is 1090 g/mol. The van der Waals surface area contributed by atoms with Crippen LogP contribution in [-0.2, 0) is 30.5 Å². The second-order valence-corrected chi connectivity index (χ2v) is 23.9. The van der Waals surface area contributed by atoms with Crippen molar-refractivity contribution in [1.29, 1.82) is 0 Å². The van der Waals surface area contributed by atoms with Crippen molar-refractivity contribution >= 4 is 41.6 Å². The van der Waals surface area contributed by atoms with E-state index in [1.54, 1.807) is 53.6 Å². The van der Waals surface area contributed by atoms with Gasteiger partial charge in [-0.05, 0) is 79.0 Å². The Labute approximate surface area is 487 Å². The molecule has 9 rings (SSSR count). The molecule has 0 bridgehead atoms.